The van der Waals surface area contributed by atoms with Gasteiger partial charge in [0.1, 0.15) is 11.5 Å². The van der Waals surface area contributed by atoms with Gasteiger partial charge in [-0.05, 0) is 55.0 Å². The number of methoxy groups -OCH3 is 2. The summed E-state index contributed by atoms with van der Waals surface area (Å²) in [5.41, 5.74) is 0.695. The van der Waals surface area contributed by atoms with Gasteiger partial charge in [-0.3, -0.25) is 0 Å². The Hall–Kier alpha value is -2.66. The first-order chi connectivity index (χ1) is 12.1. The normalized spacial score (nSPS) is 10.6. The molecule has 132 valence electrons. The van der Waals surface area contributed by atoms with Crippen LogP contribution in [0.1, 0.15) is 12.5 Å². The van der Waals surface area contributed by atoms with E-state index in [1.807, 2.05) is 6.92 Å². The highest BCUT2D eigenvalue weighted by molar-refractivity contribution is 6.32. The van der Waals surface area contributed by atoms with Crippen LogP contribution in [0, 0.1) is 0 Å². The molecule has 0 bridgehead atoms. The van der Waals surface area contributed by atoms with E-state index in [0.717, 1.165) is 0 Å². The summed E-state index contributed by atoms with van der Waals surface area (Å²) in [6, 6.07) is 10.2. The van der Waals surface area contributed by atoms with E-state index >= 15 is 0 Å². The lowest BCUT2D eigenvalue weighted by molar-refractivity contribution is -0.128. The van der Waals surface area contributed by atoms with Crippen LogP contribution in [0.15, 0.2) is 42.5 Å². The summed E-state index contributed by atoms with van der Waals surface area (Å²) in [4.78, 5) is 11.9. The fourth-order valence-corrected chi connectivity index (χ4v) is 2.40. The molecule has 0 atom stereocenters. The molecule has 0 saturated heterocycles. The van der Waals surface area contributed by atoms with Crippen LogP contribution in [0.3, 0.4) is 0 Å². The van der Waals surface area contributed by atoms with Crippen LogP contribution in [-0.4, -0.2) is 26.8 Å². The van der Waals surface area contributed by atoms with Gasteiger partial charge in [-0.15, -0.1) is 0 Å². The largest absolute Gasteiger partial charge is 0.497 e. The maximum absolute atomic E-state index is 11.9. The molecule has 0 unspecified atom stereocenters. The Labute approximate surface area is 151 Å². The number of hydrogen-bond donors (Lipinski definition) is 0. The molecule has 0 amide bonds. The van der Waals surface area contributed by atoms with Crippen molar-refractivity contribution in [3.8, 4) is 23.0 Å². The van der Waals surface area contributed by atoms with Crippen LogP contribution < -0.4 is 18.9 Å². The van der Waals surface area contributed by atoms with E-state index < -0.39 is 5.97 Å². The minimum absolute atomic E-state index is 0.400. The van der Waals surface area contributed by atoms with Gasteiger partial charge < -0.3 is 18.9 Å². The molecule has 0 N–H and O–H groups in total. The van der Waals surface area contributed by atoms with Gasteiger partial charge >= 0.3 is 5.97 Å². The third kappa shape index (κ3) is 5.16. The molecule has 6 heteroatoms. The Morgan fingerprint density at radius 3 is 2.36 bits per heavy atom. The maximum Gasteiger partial charge on any atom is 0.336 e. The first-order valence-electron chi connectivity index (χ1n) is 7.61. The number of carbonyl (C=O) groups excluding carboxylic acids is 1. The molecule has 0 spiro atoms. The zero-order chi connectivity index (χ0) is 18.2. The topological polar surface area (TPSA) is 54.0 Å². The Kier molecular flexibility index (Phi) is 6.71. The van der Waals surface area contributed by atoms with E-state index in [9.17, 15) is 4.79 Å². The maximum atomic E-state index is 11.9. The van der Waals surface area contributed by atoms with Crippen LogP contribution in [0.2, 0.25) is 5.02 Å². The Balaban J connectivity index is 2.10. The summed E-state index contributed by atoms with van der Waals surface area (Å²) in [7, 11) is 3.09. The van der Waals surface area contributed by atoms with Gasteiger partial charge in [-0.2, -0.15) is 0 Å². The van der Waals surface area contributed by atoms with Gasteiger partial charge in [0.25, 0.3) is 0 Å². The lowest BCUT2D eigenvalue weighted by Crippen LogP contribution is -2.03. The predicted octanol–water partition coefficient (Wildman–Crippen LogP) is 4.37. The van der Waals surface area contributed by atoms with E-state index in [1.54, 1.807) is 49.6 Å². The number of hydrogen-bond acceptors (Lipinski definition) is 5. The zero-order valence-electron chi connectivity index (χ0n) is 14.2. The predicted molar refractivity (Wildman–Crippen MR) is 96.8 cm³/mol. The zero-order valence-corrected chi connectivity index (χ0v) is 15.0. The van der Waals surface area contributed by atoms with Crippen molar-refractivity contribution in [2.24, 2.45) is 0 Å². The van der Waals surface area contributed by atoms with Crippen molar-refractivity contribution < 1.29 is 23.7 Å². The molecule has 0 heterocycles. The summed E-state index contributed by atoms with van der Waals surface area (Å²) >= 11 is 6.18. The average molecular weight is 363 g/mol. The van der Waals surface area contributed by atoms with Gasteiger partial charge in [0, 0.05) is 6.08 Å². The van der Waals surface area contributed by atoms with E-state index in [1.165, 1.54) is 13.2 Å². The lowest BCUT2D eigenvalue weighted by atomic mass is 10.2. The second-order valence-corrected chi connectivity index (χ2v) is 5.30. The summed E-state index contributed by atoms with van der Waals surface area (Å²) in [5.74, 6) is 1.59. The smallest absolute Gasteiger partial charge is 0.336 e. The molecule has 0 aliphatic carbocycles. The summed E-state index contributed by atoms with van der Waals surface area (Å²) < 4.78 is 21.0. The summed E-state index contributed by atoms with van der Waals surface area (Å²) in [6.45, 7) is 2.33. The number of carbonyl (C=O) groups is 1. The highest BCUT2D eigenvalue weighted by atomic mass is 35.5. The van der Waals surface area contributed by atoms with Gasteiger partial charge in [-0.1, -0.05) is 11.6 Å². The molecule has 5 nitrogen and oxygen atoms in total. The van der Waals surface area contributed by atoms with Crippen molar-refractivity contribution in [2.45, 2.75) is 6.92 Å². The van der Waals surface area contributed by atoms with E-state index in [0.29, 0.717) is 40.2 Å². The average Bonchev–Trinajstić information content (AvgIpc) is 2.61. The fraction of sp³-hybridized carbons (Fsp3) is 0.211. The quantitative estimate of drug-likeness (QED) is 0.416. The molecule has 0 fully saturated rings. The minimum Gasteiger partial charge on any atom is -0.497 e. The highest BCUT2D eigenvalue weighted by Gasteiger charge is 2.10. The molecule has 0 aliphatic rings. The molecule has 0 radical (unpaired) electrons. The van der Waals surface area contributed by atoms with E-state index in [2.05, 4.69) is 0 Å². The molecule has 2 aromatic carbocycles. The molecule has 25 heavy (non-hydrogen) atoms. The van der Waals surface area contributed by atoms with Gasteiger partial charge in [0.2, 0.25) is 0 Å². The van der Waals surface area contributed by atoms with Gasteiger partial charge in [0.15, 0.2) is 11.5 Å². The second kappa shape index (κ2) is 8.99. The third-order valence-corrected chi connectivity index (χ3v) is 3.51. The molecule has 2 rings (SSSR count). The van der Waals surface area contributed by atoms with Crippen molar-refractivity contribution >= 4 is 23.6 Å². The first kappa shape index (κ1) is 18.7. The first-order valence-corrected chi connectivity index (χ1v) is 7.99. The second-order valence-electron chi connectivity index (χ2n) is 4.90. The molecular formula is C19H19ClO5. The van der Waals surface area contributed by atoms with Crippen LogP contribution >= 0.6 is 11.6 Å². The Bertz CT molecular complexity index is 753. The molecule has 0 aliphatic heterocycles. The van der Waals surface area contributed by atoms with Gasteiger partial charge in [0.05, 0.1) is 25.8 Å². The highest BCUT2D eigenvalue weighted by Crippen LogP contribution is 2.36. The Morgan fingerprint density at radius 2 is 1.76 bits per heavy atom. The summed E-state index contributed by atoms with van der Waals surface area (Å²) in [6.07, 6.45) is 2.91. The lowest BCUT2D eigenvalue weighted by Gasteiger charge is -2.11. The molecular weight excluding hydrogens is 344 g/mol. The standard InChI is InChI=1S/C19H19ClO5/c1-4-24-17-12-13(11-16(20)19(17)23-3)5-10-18(21)25-15-8-6-14(22-2)7-9-15/h5-12H,4H2,1-3H3/b10-5+. The fourth-order valence-electron chi connectivity index (χ4n) is 2.10. The van der Waals surface area contributed by atoms with E-state index in [-0.39, 0.29) is 0 Å². The van der Waals surface area contributed by atoms with Crippen molar-refractivity contribution in [1.29, 1.82) is 0 Å². The van der Waals surface area contributed by atoms with Crippen LogP contribution in [-0.2, 0) is 4.79 Å². The Morgan fingerprint density at radius 1 is 1.08 bits per heavy atom. The SMILES string of the molecule is CCOc1cc(/C=C/C(=O)Oc2ccc(OC)cc2)cc(Cl)c1OC. The number of ether oxygens (including phenoxy) is 4. The molecule has 0 saturated carbocycles. The molecule has 2 aromatic rings. The summed E-state index contributed by atoms with van der Waals surface area (Å²) in [5, 5.41) is 0.400. The van der Waals surface area contributed by atoms with E-state index in [4.69, 9.17) is 30.5 Å². The monoisotopic (exact) mass is 362 g/mol. The van der Waals surface area contributed by atoms with Crippen LogP contribution in [0.25, 0.3) is 6.08 Å². The number of rotatable bonds is 7. The number of benzene rings is 2. The van der Waals surface area contributed by atoms with Crippen LogP contribution in [0.4, 0.5) is 0 Å². The van der Waals surface area contributed by atoms with Gasteiger partial charge in [-0.25, -0.2) is 4.79 Å². The number of esters is 1. The van der Waals surface area contributed by atoms with Crippen molar-refractivity contribution in [3.05, 3.63) is 53.1 Å². The van der Waals surface area contributed by atoms with Crippen molar-refractivity contribution in [2.75, 3.05) is 20.8 Å². The third-order valence-electron chi connectivity index (χ3n) is 3.23. The number of halogens is 1. The molecule has 0 aromatic heterocycles. The van der Waals surface area contributed by atoms with Crippen molar-refractivity contribution in [3.63, 3.8) is 0 Å². The van der Waals surface area contributed by atoms with Crippen LogP contribution in [0.5, 0.6) is 23.0 Å². The minimum atomic E-state index is -0.505. The van der Waals surface area contributed by atoms with Crippen molar-refractivity contribution in [1.82, 2.24) is 0 Å².